The second kappa shape index (κ2) is 5.97. The van der Waals surface area contributed by atoms with Gasteiger partial charge in [0.2, 0.25) is 0 Å². The van der Waals surface area contributed by atoms with Crippen LogP contribution < -0.4 is 0 Å². The van der Waals surface area contributed by atoms with Gasteiger partial charge in [0, 0.05) is 12.1 Å². The molecular weight excluding hydrogens is 266 g/mol. The minimum Gasteiger partial charge on any atom is -0.465 e. The Morgan fingerprint density at radius 1 is 1.53 bits per heavy atom. The molecule has 0 spiro atoms. The number of hydrogen-bond acceptors (Lipinski definition) is 5. The van der Waals surface area contributed by atoms with E-state index in [-0.39, 0.29) is 22.2 Å². The molecule has 1 heterocycles. The van der Waals surface area contributed by atoms with E-state index in [9.17, 15) is 13.2 Å². The first-order chi connectivity index (χ1) is 8.01. The summed E-state index contributed by atoms with van der Waals surface area (Å²) in [5.74, 6) is -0.425. The van der Waals surface area contributed by atoms with E-state index < -0.39 is 15.8 Å². The zero-order valence-corrected chi connectivity index (χ0v) is 10.8. The number of alkyl halides is 1. The maximum Gasteiger partial charge on any atom is 0.338 e. The molecule has 0 aromatic carbocycles. The molecule has 0 saturated heterocycles. The Hall–Kier alpha value is -1.14. The van der Waals surface area contributed by atoms with Crippen molar-refractivity contribution < 1.29 is 17.9 Å². The van der Waals surface area contributed by atoms with Crippen LogP contribution in [0.25, 0.3) is 0 Å². The van der Waals surface area contributed by atoms with Crippen molar-refractivity contribution in [2.24, 2.45) is 0 Å². The molecule has 1 rings (SSSR count). The van der Waals surface area contributed by atoms with Crippen LogP contribution in [0.2, 0.25) is 0 Å². The summed E-state index contributed by atoms with van der Waals surface area (Å²) < 4.78 is 28.1. The van der Waals surface area contributed by atoms with Crippen molar-refractivity contribution in [3.8, 4) is 0 Å². The van der Waals surface area contributed by atoms with Gasteiger partial charge in [-0.15, -0.1) is 11.6 Å². The Labute approximate surface area is 105 Å². The van der Waals surface area contributed by atoms with Crippen LogP contribution in [0.4, 0.5) is 0 Å². The normalized spacial score (nSPS) is 11.2. The summed E-state index contributed by atoms with van der Waals surface area (Å²) in [5.41, 5.74) is 0.159. The van der Waals surface area contributed by atoms with Crippen LogP contribution in [0.5, 0.6) is 0 Å². The van der Waals surface area contributed by atoms with Crippen molar-refractivity contribution in [1.82, 2.24) is 4.98 Å². The molecule has 94 valence electrons. The number of methoxy groups -OCH3 is 1. The monoisotopic (exact) mass is 277 g/mol. The lowest BCUT2D eigenvalue weighted by atomic mass is 10.3. The second-order valence-electron chi connectivity index (χ2n) is 3.24. The Bertz CT molecular complexity index is 501. The average Bonchev–Trinajstić information content (AvgIpc) is 2.35. The summed E-state index contributed by atoms with van der Waals surface area (Å²) in [4.78, 5) is 15.0. The zero-order chi connectivity index (χ0) is 12.9. The first-order valence-electron chi connectivity index (χ1n) is 4.84. The molecule has 0 amide bonds. The molecular formula is C10H12ClNO4S. The fourth-order valence-electron chi connectivity index (χ4n) is 1.17. The molecule has 0 radical (unpaired) electrons. The minimum atomic E-state index is -3.49. The van der Waals surface area contributed by atoms with Crippen molar-refractivity contribution in [3.63, 3.8) is 0 Å². The predicted octanol–water partition coefficient (Wildman–Crippen LogP) is 1.27. The van der Waals surface area contributed by atoms with Crippen molar-refractivity contribution in [1.29, 1.82) is 0 Å². The number of nitrogens with zero attached hydrogens (tertiary/aromatic N) is 1. The van der Waals surface area contributed by atoms with Crippen LogP contribution in [0.15, 0.2) is 23.4 Å². The van der Waals surface area contributed by atoms with E-state index in [1.165, 1.54) is 25.4 Å². The number of carbonyl (C=O) groups is 1. The smallest absolute Gasteiger partial charge is 0.338 e. The molecule has 0 atom stereocenters. The number of carbonyl (C=O) groups excluding carboxylic acids is 1. The molecule has 0 fully saturated rings. The molecule has 0 aliphatic carbocycles. The fourth-order valence-corrected chi connectivity index (χ4v) is 2.73. The van der Waals surface area contributed by atoms with Gasteiger partial charge in [0.25, 0.3) is 0 Å². The van der Waals surface area contributed by atoms with E-state index >= 15 is 0 Å². The van der Waals surface area contributed by atoms with Gasteiger partial charge >= 0.3 is 5.97 Å². The van der Waals surface area contributed by atoms with Gasteiger partial charge in [-0.1, -0.05) is 0 Å². The van der Waals surface area contributed by atoms with Crippen molar-refractivity contribution in [2.45, 2.75) is 11.4 Å². The first kappa shape index (κ1) is 13.9. The number of rotatable bonds is 5. The van der Waals surface area contributed by atoms with Gasteiger partial charge in [0.15, 0.2) is 14.9 Å². The van der Waals surface area contributed by atoms with Gasteiger partial charge < -0.3 is 4.74 Å². The van der Waals surface area contributed by atoms with Crippen molar-refractivity contribution in [2.75, 3.05) is 18.7 Å². The van der Waals surface area contributed by atoms with E-state index in [1.807, 2.05) is 0 Å². The number of hydrogen-bond donors (Lipinski definition) is 0. The summed E-state index contributed by atoms with van der Waals surface area (Å²) in [6.07, 6.45) is 1.61. The largest absolute Gasteiger partial charge is 0.465 e. The van der Waals surface area contributed by atoms with Crippen LogP contribution in [0, 0.1) is 0 Å². The maximum absolute atomic E-state index is 11.8. The third kappa shape index (κ3) is 3.67. The highest BCUT2D eigenvalue weighted by atomic mass is 35.5. The van der Waals surface area contributed by atoms with E-state index in [0.717, 1.165) is 0 Å². The quantitative estimate of drug-likeness (QED) is 0.599. The number of ether oxygens (including phenoxy) is 1. The third-order valence-electron chi connectivity index (χ3n) is 2.02. The van der Waals surface area contributed by atoms with Crippen LogP contribution in [0.1, 0.15) is 16.8 Å². The van der Waals surface area contributed by atoms with E-state index in [0.29, 0.717) is 6.42 Å². The topological polar surface area (TPSA) is 73.3 Å². The Morgan fingerprint density at radius 2 is 2.24 bits per heavy atom. The highest BCUT2D eigenvalue weighted by molar-refractivity contribution is 7.91. The lowest BCUT2D eigenvalue weighted by molar-refractivity contribution is 0.0600. The first-order valence-corrected chi connectivity index (χ1v) is 7.03. The Morgan fingerprint density at radius 3 is 2.82 bits per heavy atom. The van der Waals surface area contributed by atoms with Crippen molar-refractivity contribution >= 4 is 27.4 Å². The van der Waals surface area contributed by atoms with Crippen LogP contribution >= 0.6 is 11.6 Å². The standard InChI is InChI=1S/C10H12ClNO4S/c1-16-10(13)8-3-5-12-9(7-8)17(14,15)6-2-4-11/h3,5,7H,2,4,6H2,1H3. The van der Waals surface area contributed by atoms with Gasteiger partial charge in [0.1, 0.15) is 0 Å². The van der Waals surface area contributed by atoms with E-state index in [2.05, 4.69) is 9.72 Å². The molecule has 1 aromatic rings. The molecule has 0 aliphatic heterocycles. The molecule has 0 bridgehead atoms. The summed E-state index contributed by atoms with van der Waals surface area (Å²) >= 11 is 5.44. The highest BCUT2D eigenvalue weighted by Gasteiger charge is 2.17. The molecule has 17 heavy (non-hydrogen) atoms. The summed E-state index contributed by atoms with van der Waals surface area (Å²) in [7, 11) is -2.26. The molecule has 0 unspecified atom stereocenters. The van der Waals surface area contributed by atoms with Crippen LogP contribution in [-0.4, -0.2) is 38.1 Å². The summed E-state index contributed by atoms with van der Waals surface area (Å²) in [6.45, 7) is 0. The number of sulfone groups is 1. The number of aromatic nitrogens is 1. The third-order valence-corrected chi connectivity index (χ3v) is 3.98. The van der Waals surface area contributed by atoms with E-state index in [4.69, 9.17) is 11.6 Å². The summed E-state index contributed by atoms with van der Waals surface area (Å²) in [5, 5.41) is -0.134. The highest BCUT2D eigenvalue weighted by Crippen LogP contribution is 2.12. The number of halogens is 1. The fraction of sp³-hybridized carbons (Fsp3) is 0.400. The molecule has 0 saturated carbocycles. The molecule has 0 aliphatic rings. The van der Waals surface area contributed by atoms with Gasteiger partial charge in [-0.2, -0.15) is 0 Å². The molecule has 0 N–H and O–H groups in total. The average molecular weight is 278 g/mol. The number of pyridine rings is 1. The van der Waals surface area contributed by atoms with E-state index in [1.54, 1.807) is 0 Å². The second-order valence-corrected chi connectivity index (χ2v) is 5.67. The lowest BCUT2D eigenvalue weighted by Gasteiger charge is -2.04. The SMILES string of the molecule is COC(=O)c1ccnc(S(=O)(=O)CCCCl)c1. The Balaban J connectivity index is 3.03. The lowest BCUT2D eigenvalue weighted by Crippen LogP contribution is -2.11. The van der Waals surface area contributed by atoms with Crippen molar-refractivity contribution in [3.05, 3.63) is 23.9 Å². The summed E-state index contributed by atoms with van der Waals surface area (Å²) in [6, 6.07) is 2.60. The van der Waals surface area contributed by atoms with Crippen LogP contribution in [0.3, 0.4) is 0 Å². The van der Waals surface area contributed by atoms with Gasteiger partial charge in [-0.3, -0.25) is 0 Å². The molecule has 1 aromatic heterocycles. The Kier molecular flexibility index (Phi) is 4.89. The maximum atomic E-state index is 11.8. The molecule has 5 nitrogen and oxygen atoms in total. The van der Waals surface area contributed by atoms with Gasteiger partial charge in [0.05, 0.1) is 18.4 Å². The minimum absolute atomic E-state index is 0.0892. The zero-order valence-electron chi connectivity index (χ0n) is 9.22. The van der Waals surface area contributed by atoms with Crippen LogP contribution in [-0.2, 0) is 14.6 Å². The predicted molar refractivity (Wildman–Crippen MR) is 63.0 cm³/mol. The molecule has 7 heteroatoms. The van der Waals surface area contributed by atoms with Gasteiger partial charge in [-0.25, -0.2) is 18.2 Å². The van der Waals surface area contributed by atoms with Gasteiger partial charge in [-0.05, 0) is 18.6 Å². The number of esters is 1.